The topological polar surface area (TPSA) is 91.7 Å². The summed E-state index contributed by atoms with van der Waals surface area (Å²) >= 11 is 0. The molecule has 6 nitrogen and oxygen atoms in total. The van der Waals surface area contributed by atoms with Gasteiger partial charge >= 0.3 is 6.09 Å². The molecule has 3 N–H and O–H groups in total. The minimum absolute atomic E-state index is 0.0295. The molecular weight excluding hydrogens is 380 g/mol. The number of fused-ring (bicyclic) bond motifs is 3. The number of hydrogen-bond acceptors (Lipinski definition) is 5. The van der Waals surface area contributed by atoms with Crippen LogP contribution in [0.5, 0.6) is 0 Å². The van der Waals surface area contributed by atoms with Crippen molar-refractivity contribution in [1.82, 2.24) is 10.3 Å². The lowest BCUT2D eigenvalue weighted by molar-refractivity contribution is 0.0181. The molecular formula is C24H24N2O4. The van der Waals surface area contributed by atoms with E-state index in [1.165, 1.54) is 0 Å². The predicted octanol–water partition coefficient (Wildman–Crippen LogP) is 3.32. The second-order valence-corrected chi connectivity index (χ2v) is 7.45. The van der Waals surface area contributed by atoms with Crippen LogP contribution in [0.25, 0.3) is 11.1 Å². The number of aryl methyl sites for hydroxylation is 1. The van der Waals surface area contributed by atoms with E-state index in [2.05, 4.69) is 34.6 Å². The predicted molar refractivity (Wildman–Crippen MR) is 113 cm³/mol. The largest absolute Gasteiger partial charge is 0.449 e. The summed E-state index contributed by atoms with van der Waals surface area (Å²) in [5, 5.41) is 23.1. The summed E-state index contributed by atoms with van der Waals surface area (Å²) in [6.07, 6.45) is 0.254. The lowest BCUT2D eigenvalue weighted by atomic mass is 9.98. The first kappa shape index (κ1) is 20.1. The Morgan fingerprint density at radius 3 is 2.33 bits per heavy atom. The zero-order valence-electron chi connectivity index (χ0n) is 16.7. The van der Waals surface area contributed by atoms with E-state index in [4.69, 9.17) is 4.74 Å². The molecule has 0 fully saturated rings. The van der Waals surface area contributed by atoms with Crippen molar-refractivity contribution >= 4 is 6.09 Å². The third kappa shape index (κ3) is 3.92. The number of carbonyl (C=O) groups excluding carboxylic acids is 1. The standard InChI is InChI=1S/C24H24N2O4/c1-15-12-25-11-10-16(15)23(28)22(27)13-26-24(29)30-14-21-19-8-4-2-6-17(19)18-7-3-5-9-20(18)21/h2-12,21-23,27-28H,13-14H2,1H3,(H,26,29). The van der Waals surface area contributed by atoms with E-state index >= 15 is 0 Å². The molecule has 2 unspecified atom stereocenters. The zero-order chi connectivity index (χ0) is 21.1. The Morgan fingerprint density at radius 1 is 1.07 bits per heavy atom. The molecule has 2 atom stereocenters. The van der Waals surface area contributed by atoms with Crippen LogP contribution in [0, 0.1) is 6.92 Å². The zero-order valence-corrected chi connectivity index (χ0v) is 16.7. The SMILES string of the molecule is Cc1cnccc1C(O)C(O)CNC(=O)OCC1c2ccccc2-c2ccccc21. The number of aliphatic hydroxyl groups is 2. The number of aromatic nitrogens is 1. The van der Waals surface area contributed by atoms with Gasteiger partial charge in [-0.15, -0.1) is 0 Å². The first-order chi connectivity index (χ1) is 14.6. The normalized spacial score (nSPS) is 14.5. The molecule has 1 aromatic heterocycles. The maximum absolute atomic E-state index is 12.2. The molecule has 1 heterocycles. The Morgan fingerprint density at radius 2 is 1.70 bits per heavy atom. The molecule has 30 heavy (non-hydrogen) atoms. The van der Waals surface area contributed by atoms with Gasteiger partial charge < -0.3 is 20.3 Å². The molecule has 0 radical (unpaired) electrons. The van der Waals surface area contributed by atoms with Gasteiger partial charge in [-0.3, -0.25) is 4.98 Å². The van der Waals surface area contributed by atoms with Gasteiger partial charge in [-0.1, -0.05) is 48.5 Å². The van der Waals surface area contributed by atoms with Crippen LogP contribution in [0.4, 0.5) is 4.79 Å². The third-order valence-electron chi connectivity index (χ3n) is 5.55. The molecule has 6 heteroatoms. The number of amides is 1. The smallest absolute Gasteiger partial charge is 0.407 e. The van der Waals surface area contributed by atoms with Crippen LogP contribution in [0.15, 0.2) is 67.0 Å². The minimum atomic E-state index is -1.16. The van der Waals surface area contributed by atoms with Crippen molar-refractivity contribution < 1.29 is 19.7 Å². The van der Waals surface area contributed by atoms with Crippen molar-refractivity contribution in [2.45, 2.75) is 25.0 Å². The molecule has 1 amide bonds. The Labute approximate surface area is 175 Å². The number of ether oxygens (including phenoxy) is 1. The summed E-state index contributed by atoms with van der Waals surface area (Å²) in [6, 6.07) is 17.9. The van der Waals surface area contributed by atoms with Crippen LogP contribution in [-0.4, -0.2) is 40.5 Å². The van der Waals surface area contributed by atoms with Crippen LogP contribution in [-0.2, 0) is 4.74 Å². The van der Waals surface area contributed by atoms with Gasteiger partial charge in [0.15, 0.2) is 0 Å². The maximum atomic E-state index is 12.2. The number of nitrogens with zero attached hydrogens (tertiary/aromatic N) is 1. The van der Waals surface area contributed by atoms with Crippen LogP contribution in [0.3, 0.4) is 0 Å². The molecule has 3 aromatic rings. The molecule has 1 aliphatic rings. The van der Waals surface area contributed by atoms with Crippen molar-refractivity contribution in [1.29, 1.82) is 0 Å². The summed E-state index contributed by atoms with van der Waals surface area (Å²) in [6.45, 7) is 1.87. The van der Waals surface area contributed by atoms with Gasteiger partial charge in [0.1, 0.15) is 18.8 Å². The van der Waals surface area contributed by atoms with Crippen LogP contribution in [0.2, 0.25) is 0 Å². The summed E-state index contributed by atoms with van der Waals surface area (Å²) in [5.41, 5.74) is 5.93. The number of hydrogen-bond donors (Lipinski definition) is 3. The highest BCUT2D eigenvalue weighted by Gasteiger charge is 2.29. The number of nitrogens with one attached hydrogen (secondary N) is 1. The fourth-order valence-corrected chi connectivity index (χ4v) is 3.97. The number of aliphatic hydroxyl groups excluding tert-OH is 2. The monoisotopic (exact) mass is 404 g/mol. The first-order valence-electron chi connectivity index (χ1n) is 9.91. The first-order valence-corrected chi connectivity index (χ1v) is 9.91. The van der Waals surface area contributed by atoms with Crippen molar-refractivity contribution in [3.8, 4) is 11.1 Å². The summed E-state index contributed by atoms with van der Waals surface area (Å²) in [4.78, 5) is 16.2. The second-order valence-electron chi connectivity index (χ2n) is 7.45. The van der Waals surface area contributed by atoms with Gasteiger partial charge in [0.2, 0.25) is 0 Å². The molecule has 4 rings (SSSR count). The number of rotatable bonds is 6. The Hall–Kier alpha value is -3.22. The lowest BCUT2D eigenvalue weighted by Crippen LogP contribution is -2.36. The van der Waals surface area contributed by atoms with Crippen molar-refractivity contribution in [3.63, 3.8) is 0 Å². The van der Waals surface area contributed by atoms with Gasteiger partial charge in [0.05, 0.1) is 0 Å². The molecule has 0 saturated heterocycles. The lowest BCUT2D eigenvalue weighted by Gasteiger charge is -2.20. The second kappa shape index (κ2) is 8.65. The van der Waals surface area contributed by atoms with Gasteiger partial charge in [0, 0.05) is 24.9 Å². The van der Waals surface area contributed by atoms with E-state index in [1.54, 1.807) is 25.4 Å². The average Bonchev–Trinajstić information content (AvgIpc) is 3.09. The Bertz CT molecular complexity index is 1010. The molecule has 0 aliphatic heterocycles. The number of pyridine rings is 1. The highest BCUT2D eigenvalue weighted by atomic mass is 16.5. The maximum Gasteiger partial charge on any atom is 0.407 e. The van der Waals surface area contributed by atoms with Crippen molar-refractivity contribution in [3.05, 3.63) is 89.2 Å². The van der Waals surface area contributed by atoms with Gasteiger partial charge in [-0.25, -0.2) is 4.79 Å². The molecule has 0 bridgehead atoms. The summed E-state index contributed by atoms with van der Waals surface area (Å²) < 4.78 is 5.45. The summed E-state index contributed by atoms with van der Waals surface area (Å²) in [5.74, 6) is -0.0295. The van der Waals surface area contributed by atoms with Crippen LogP contribution < -0.4 is 5.32 Å². The van der Waals surface area contributed by atoms with E-state index in [0.29, 0.717) is 5.56 Å². The highest BCUT2D eigenvalue weighted by Crippen LogP contribution is 2.44. The van der Waals surface area contributed by atoms with Crippen molar-refractivity contribution in [2.24, 2.45) is 0 Å². The van der Waals surface area contributed by atoms with E-state index in [1.807, 2.05) is 24.3 Å². The van der Waals surface area contributed by atoms with Crippen molar-refractivity contribution in [2.75, 3.05) is 13.2 Å². The fraction of sp³-hybridized carbons (Fsp3) is 0.250. The quantitative estimate of drug-likeness (QED) is 0.586. The number of alkyl carbamates (subject to hydrolysis) is 1. The molecule has 1 aliphatic carbocycles. The van der Waals surface area contributed by atoms with Crippen LogP contribution in [0.1, 0.15) is 34.3 Å². The van der Waals surface area contributed by atoms with Gasteiger partial charge in [-0.2, -0.15) is 0 Å². The number of carbonyl (C=O) groups is 1. The van der Waals surface area contributed by atoms with E-state index in [-0.39, 0.29) is 19.1 Å². The third-order valence-corrected chi connectivity index (χ3v) is 5.55. The van der Waals surface area contributed by atoms with Crippen LogP contribution >= 0.6 is 0 Å². The fourth-order valence-electron chi connectivity index (χ4n) is 3.97. The van der Waals surface area contributed by atoms with E-state index in [9.17, 15) is 15.0 Å². The van der Waals surface area contributed by atoms with Gasteiger partial charge in [0.25, 0.3) is 0 Å². The molecule has 2 aromatic carbocycles. The van der Waals surface area contributed by atoms with E-state index in [0.717, 1.165) is 27.8 Å². The molecule has 154 valence electrons. The molecule has 0 saturated carbocycles. The minimum Gasteiger partial charge on any atom is -0.449 e. The molecule has 0 spiro atoms. The van der Waals surface area contributed by atoms with E-state index < -0.39 is 18.3 Å². The summed E-state index contributed by atoms with van der Waals surface area (Å²) in [7, 11) is 0. The average molecular weight is 404 g/mol. The number of benzene rings is 2. The van der Waals surface area contributed by atoms with Gasteiger partial charge in [-0.05, 0) is 46.4 Å². The highest BCUT2D eigenvalue weighted by molar-refractivity contribution is 5.79. The Kier molecular flexibility index (Phi) is 5.79. The Balaban J connectivity index is 1.35.